The predicted molar refractivity (Wildman–Crippen MR) is 100 cm³/mol. The molecule has 0 spiro atoms. The number of nitrogens with zero attached hydrogens (tertiary/aromatic N) is 1. The van der Waals surface area contributed by atoms with Gasteiger partial charge in [0, 0.05) is 25.1 Å². The number of methoxy groups -OCH3 is 2. The first-order valence-corrected chi connectivity index (χ1v) is 9.92. The first-order valence-electron chi connectivity index (χ1n) is 8.48. The van der Waals surface area contributed by atoms with Crippen LogP contribution in [0.1, 0.15) is 11.5 Å². The molecule has 1 saturated heterocycles. The molecule has 0 radical (unpaired) electrons. The van der Waals surface area contributed by atoms with Crippen LogP contribution in [0.3, 0.4) is 0 Å². The van der Waals surface area contributed by atoms with Gasteiger partial charge in [0.15, 0.2) is 0 Å². The van der Waals surface area contributed by atoms with Crippen molar-refractivity contribution in [3.63, 3.8) is 0 Å². The smallest absolute Gasteiger partial charge is 0.246 e. The van der Waals surface area contributed by atoms with Crippen LogP contribution in [0.15, 0.2) is 53.4 Å². The molecule has 2 aromatic rings. The zero-order valence-corrected chi connectivity index (χ0v) is 15.8. The predicted octanol–water partition coefficient (Wildman–Crippen LogP) is 2.07. The summed E-state index contributed by atoms with van der Waals surface area (Å²) in [5.74, 6) is 0.924. The van der Waals surface area contributed by atoms with Crippen LogP contribution in [-0.2, 0) is 10.0 Å². The Morgan fingerprint density at radius 3 is 2.42 bits per heavy atom. The van der Waals surface area contributed by atoms with E-state index in [9.17, 15) is 8.42 Å². The third-order valence-corrected chi connectivity index (χ3v) is 6.78. The first-order chi connectivity index (χ1) is 12.5. The van der Waals surface area contributed by atoms with Crippen LogP contribution in [0.4, 0.5) is 0 Å². The van der Waals surface area contributed by atoms with E-state index in [1.165, 1.54) is 24.6 Å². The van der Waals surface area contributed by atoms with Gasteiger partial charge in [0.05, 0.1) is 14.2 Å². The minimum atomic E-state index is -3.73. The van der Waals surface area contributed by atoms with Gasteiger partial charge in [-0.2, -0.15) is 4.31 Å². The highest BCUT2D eigenvalue weighted by atomic mass is 32.2. The molecule has 0 aliphatic carbocycles. The lowest BCUT2D eigenvalue weighted by molar-refractivity contribution is 0.388. The second kappa shape index (κ2) is 7.65. The number of hydrogen-bond acceptors (Lipinski definition) is 5. The van der Waals surface area contributed by atoms with Crippen LogP contribution in [0, 0.1) is 5.92 Å². The summed E-state index contributed by atoms with van der Waals surface area (Å²) in [6.07, 6.45) is 0. The van der Waals surface area contributed by atoms with Crippen molar-refractivity contribution in [2.45, 2.75) is 10.8 Å². The van der Waals surface area contributed by atoms with Crippen LogP contribution in [0.5, 0.6) is 11.5 Å². The van der Waals surface area contributed by atoms with Gasteiger partial charge < -0.3 is 15.2 Å². The molecule has 1 heterocycles. The van der Waals surface area contributed by atoms with E-state index < -0.39 is 10.0 Å². The molecule has 2 atom stereocenters. The molecule has 0 bridgehead atoms. The molecule has 6 nitrogen and oxygen atoms in total. The molecule has 26 heavy (non-hydrogen) atoms. The van der Waals surface area contributed by atoms with Crippen LogP contribution in [0.2, 0.25) is 0 Å². The van der Waals surface area contributed by atoms with E-state index in [2.05, 4.69) is 0 Å². The van der Waals surface area contributed by atoms with Crippen LogP contribution >= 0.6 is 0 Å². The summed E-state index contributed by atoms with van der Waals surface area (Å²) >= 11 is 0. The summed E-state index contributed by atoms with van der Waals surface area (Å²) in [4.78, 5) is 0.115. The topological polar surface area (TPSA) is 81.9 Å². The first kappa shape index (κ1) is 18.7. The van der Waals surface area contributed by atoms with Crippen molar-refractivity contribution in [2.75, 3.05) is 33.9 Å². The lowest BCUT2D eigenvalue weighted by atomic mass is 9.89. The van der Waals surface area contributed by atoms with Gasteiger partial charge in [0.2, 0.25) is 10.0 Å². The summed E-state index contributed by atoms with van der Waals surface area (Å²) in [7, 11) is -0.763. The zero-order chi connectivity index (χ0) is 18.7. The van der Waals surface area contributed by atoms with Gasteiger partial charge in [-0.15, -0.1) is 0 Å². The van der Waals surface area contributed by atoms with Gasteiger partial charge in [-0.05, 0) is 30.2 Å². The minimum absolute atomic E-state index is 0.0729. The summed E-state index contributed by atoms with van der Waals surface area (Å²) in [6.45, 7) is 1.22. The van der Waals surface area contributed by atoms with Crippen molar-refractivity contribution in [3.05, 3.63) is 54.1 Å². The molecule has 1 aliphatic rings. The van der Waals surface area contributed by atoms with E-state index in [-0.39, 0.29) is 16.7 Å². The maximum Gasteiger partial charge on any atom is 0.246 e. The fourth-order valence-electron chi connectivity index (χ4n) is 3.47. The van der Waals surface area contributed by atoms with E-state index >= 15 is 0 Å². The monoisotopic (exact) mass is 376 g/mol. The molecule has 1 fully saturated rings. The highest BCUT2D eigenvalue weighted by Crippen LogP contribution is 2.38. The number of rotatable bonds is 6. The summed E-state index contributed by atoms with van der Waals surface area (Å²) in [5.41, 5.74) is 7.05. The number of benzene rings is 2. The van der Waals surface area contributed by atoms with Gasteiger partial charge in [-0.1, -0.05) is 30.3 Å². The number of ether oxygens (including phenoxy) is 2. The molecular formula is C19H24N2O4S. The highest BCUT2D eigenvalue weighted by Gasteiger charge is 2.40. The van der Waals surface area contributed by atoms with E-state index in [4.69, 9.17) is 15.2 Å². The third-order valence-electron chi connectivity index (χ3n) is 4.93. The Hall–Kier alpha value is -2.09. The zero-order valence-electron chi connectivity index (χ0n) is 15.0. The molecule has 0 aromatic heterocycles. The van der Waals surface area contributed by atoms with Crippen molar-refractivity contribution in [2.24, 2.45) is 11.7 Å². The molecule has 1 aliphatic heterocycles. The Labute approximate surface area is 154 Å². The fraction of sp³-hybridized carbons (Fsp3) is 0.368. The maximum absolute atomic E-state index is 13.3. The lowest BCUT2D eigenvalue weighted by Crippen LogP contribution is -2.30. The number of hydrogen-bond donors (Lipinski definition) is 1. The van der Waals surface area contributed by atoms with E-state index in [1.807, 2.05) is 30.3 Å². The molecule has 0 saturated carbocycles. The van der Waals surface area contributed by atoms with Crippen molar-refractivity contribution >= 4 is 10.0 Å². The molecule has 3 rings (SSSR count). The van der Waals surface area contributed by atoms with Crippen LogP contribution in [-0.4, -0.2) is 46.6 Å². The van der Waals surface area contributed by atoms with Crippen LogP contribution in [0.25, 0.3) is 0 Å². The largest absolute Gasteiger partial charge is 0.497 e. The molecule has 140 valence electrons. The SMILES string of the molecule is COc1ccc(OC)c(S(=O)(=O)N2C[C@@H](CN)[C@H](c3ccccc3)C2)c1. The summed E-state index contributed by atoms with van der Waals surface area (Å²) < 4.78 is 38.5. The quantitative estimate of drug-likeness (QED) is 0.835. The lowest BCUT2D eigenvalue weighted by Gasteiger charge is -2.19. The average molecular weight is 376 g/mol. The van der Waals surface area contributed by atoms with E-state index in [0.29, 0.717) is 31.1 Å². The summed E-state index contributed by atoms with van der Waals surface area (Å²) in [6, 6.07) is 14.7. The van der Waals surface area contributed by atoms with Crippen molar-refractivity contribution in [1.82, 2.24) is 4.31 Å². The van der Waals surface area contributed by atoms with E-state index in [0.717, 1.165) is 5.56 Å². The normalized spacial score (nSPS) is 20.9. The fourth-order valence-corrected chi connectivity index (χ4v) is 5.16. The molecule has 7 heteroatoms. The number of nitrogens with two attached hydrogens (primary N) is 1. The van der Waals surface area contributed by atoms with Crippen molar-refractivity contribution in [1.29, 1.82) is 0 Å². The second-order valence-electron chi connectivity index (χ2n) is 6.35. The standard InChI is InChI=1S/C19H24N2O4S/c1-24-16-8-9-18(25-2)19(10-16)26(22,23)21-12-15(11-20)17(13-21)14-6-4-3-5-7-14/h3-10,15,17H,11-13,20H2,1-2H3/t15-,17+/m1/s1. The van der Waals surface area contributed by atoms with E-state index in [1.54, 1.807) is 12.1 Å². The van der Waals surface area contributed by atoms with Gasteiger partial charge in [-0.25, -0.2) is 8.42 Å². The Balaban J connectivity index is 1.96. The second-order valence-corrected chi connectivity index (χ2v) is 8.26. The number of sulfonamides is 1. The molecule has 2 aromatic carbocycles. The van der Waals surface area contributed by atoms with Crippen LogP contribution < -0.4 is 15.2 Å². The van der Waals surface area contributed by atoms with Crippen molar-refractivity contribution < 1.29 is 17.9 Å². The highest BCUT2D eigenvalue weighted by molar-refractivity contribution is 7.89. The Morgan fingerprint density at radius 1 is 1.08 bits per heavy atom. The molecule has 0 unspecified atom stereocenters. The van der Waals surface area contributed by atoms with Gasteiger partial charge in [-0.3, -0.25) is 0 Å². The minimum Gasteiger partial charge on any atom is -0.497 e. The Bertz CT molecular complexity index is 855. The van der Waals surface area contributed by atoms with Gasteiger partial charge >= 0.3 is 0 Å². The van der Waals surface area contributed by atoms with Crippen molar-refractivity contribution in [3.8, 4) is 11.5 Å². The van der Waals surface area contributed by atoms with Gasteiger partial charge in [0.1, 0.15) is 16.4 Å². The summed E-state index contributed by atoms with van der Waals surface area (Å²) in [5, 5.41) is 0. The maximum atomic E-state index is 13.3. The molecule has 0 amide bonds. The Morgan fingerprint density at radius 2 is 1.81 bits per heavy atom. The van der Waals surface area contributed by atoms with Gasteiger partial charge in [0.25, 0.3) is 0 Å². The third kappa shape index (κ3) is 3.42. The molecule has 2 N–H and O–H groups in total. The average Bonchev–Trinajstić information content (AvgIpc) is 3.13. The molecular weight excluding hydrogens is 352 g/mol. The Kier molecular flexibility index (Phi) is 5.50.